The third-order valence-electron chi connectivity index (χ3n) is 3.25. The summed E-state index contributed by atoms with van der Waals surface area (Å²) in [4.78, 5) is 2.35. The van der Waals surface area contributed by atoms with Gasteiger partial charge in [0.05, 0.1) is 12.7 Å². The average molecular weight is 334 g/mol. The lowest BCUT2D eigenvalue weighted by Crippen LogP contribution is -2.45. The Morgan fingerprint density at radius 2 is 2.39 bits per heavy atom. The van der Waals surface area contributed by atoms with Gasteiger partial charge in [-0.3, -0.25) is 4.90 Å². The molecule has 1 fully saturated rings. The van der Waals surface area contributed by atoms with Gasteiger partial charge in [0, 0.05) is 35.2 Å². The van der Waals surface area contributed by atoms with Gasteiger partial charge in [-0.25, -0.2) is 0 Å². The number of hydrogen-bond donors (Lipinski definition) is 1. The van der Waals surface area contributed by atoms with Crippen LogP contribution >= 0.6 is 27.5 Å². The molecule has 100 valence electrons. The standard InChI is InChI=1S/C13H18BrClN2O/c1-9-8-17(4-5-18-9)13(7-16)11-6-10(14)2-3-12(11)15/h2-3,6,9,13H,4-5,7-8,16H2,1H3. The molecular formula is C13H18BrClN2O. The molecule has 2 unspecified atom stereocenters. The molecule has 0 amide bonds. The zero-order valence-corrected chi connectivity index (χ0v) is 12.7. The van der Waals surface area contributed by atoms with E-state index >= 15 is 0 Å². The van der Waals surface area contributed by atoms with Crippen LogP contribution in [-0.4, -0.2) is 37.2 Å². The number of rotatable bonds is 3. The van der Waals surface area contributed by atoms with Crippen LogP contribution in [0.25, 0.3) is 0 Å². The van der Waals surface area contributed by atoms with Crippen molar-refractivity contribution in [2.24, 2.45) is 5.73 Å². The van der Waals surface area contributed by atoms with Crippen LogP contribution in [0.5, 0.6) is 0 Å². The highest BCUT2D eigenvalue weighted by Crippen LogP contribution is 2.30. The molecule has 0 bridgehead atoms. The van der Waals surface area contributed by atoms with E-state index in [4.69, 9.17) is 22.1 Å². The summed E-state index contributed by atoms with van der Waals surface area (Å²) in [5, 5.41) is 0.771. The van der Waals surface area contributed by atoms with Crippen molar-refractivity contribution >= 4 is 27.5 Å². The van der Waals surface area contributed by atoms with Crippen LogP contribution in [0.2, 0.25) is 5.02 Å². The minimum absolute atomic E-state index is 0.154. The predicted octanol–water partition coefficient (Wildman–Crippen LogP) is 2.82. The third kappa shape index (κ3) is 3.25. The van der Waals surface area contributed by atoms with E-state index in [2.05, 4.69) is 33.8 Å². The van der Waals surface area contributed by atoms with Crippen LogP contribution in [0.4, 0.5) is 0 Å². The quantitative estimate of drug-likeness (QED) is 0.924. The lowest BCUT2D eigenvalue weighted by atomic mass is 10.0. The molecular weight excluding hydrogens is 316 g/mol. The van der Waals surface area contributed by atoms with Crippen molar-refractivity contribution in [2.75, 3.05) is 26.2 Å². The first kappa shape index (κ1) is 14.3. The lowest BCUT2D eigenvalue weighted by molar-refractivity contribution is -0.0332. The van der Waals surface area contributed by atoms with Crippen molar-refractivity contribution in [1.29, 1.82) is 0 Å². The first-order chi connectivity index (χ1) is 8.61. The van der Waals surface area contributed by atoms with Crippen molar-refractivity contribution in [3.05, 3.63) is 33.3 Å². The average Bonchev–Trinajstić information content (AvgIpc) is 2.35. The second-order valence-electron chi connectivity index (χ2n) is 4.59. The maximum atomic E-state index is 6.29. The number of nitrogens with two attached hydrogens (primary N) is 1. The molecule has 1 aromatic rings. The van der Waals surface area contributed by atoms with Gasteiger partial charge in [0.25, 0.3) is 0 Å². The van der Waals surface area contributed by atoms with Crippen LogP contribution in [0.1, 0.15) is 18.5 Å². The maximum absolute atomic E-state index is 6.29. The van der Waals surface area contributed by atoms with Gasteiger partial charge in [-0.1, -0.05) is 27.5 Å². The Morgan fingerprint density at radius 1 is 1.61 bits per heavy atom. The molecule has 2 rings (SSSR count). The lowest BCUT2D eigenvalue weighted by Gasteiger charge is -2.37. The zero-order chi connectivity index (χ0) is 13.1. The van der Waals surface area contributed by atoms with Gasteiger partial charge >= 0.3 is 0 Å². The van der Waals surface area contributed by atoms with Crippen molar-refractivity contribution in [3.63, 3.8) is 0 Å². The van der Waals surface area contributed by atoms with Crippen molar-refractivity contribution in [3.8, 4) is 0 Å². The van der Waals surface area contributed by atoms with E-state index in [0.717, 1.165) is 34.8 Å². The number of morpholine rings is 1. The number of hydrogen-bond acceptors (Lipinski definition) is 3. The monoisotopic (exact) mass is 332 g/mol. The highest BCUT2D eigenvalue weighted by molar-refractivity contribution is 9.10. The first-order valence-corrected chi connectivity index (χ1v) is 7.29. The highest BCUT2D eigenvalue weighted by Gasteiger charge is 2.26. The van der Waals surface area contributed by atoms with Gasteiger partial charge in [-0.2, -0.15) is 0 Å². The van der Waals surface area contributed by atoms with Crippen LogP contribution in [0.3, 0.4) is 0 Å². The Morgan fingerprint density at radius 3 is 3.06 bits per heavy atom. The predicted molar refractivity (Wildman–Crippen MR) is 77.9 cm³/mol. The third-order valence-corrected chi connectivity index (χ3v) is 4.09. The Labute approximate surface area is 121 Å². The van der Waals surface area contributed by atoms with Gasteiger partial charge in [0.2, 0.25) is 0 Å². The van der Waals surface area contributed by atoms with E-state index in [1.54, 1.807) is 0 Å². The van der Waals surface area contributed by atoms with Gasteiger partial charge in [-0.05, 0) is 30.7 Å². The maximum Gasteiger partial charge on any atom is 0.0674 e. The molecule has 2 atom stereocenters. The molecule has 1 aliphatic heterocycles. The highest BCUT2D eigenvalue weighted by atomic mass is 79.9. The topological polar surface area (TPSA) is 38.5 Å². The smallest absolute Gasteiger partial charge is 0.0674 e. The Kier molecular flexibility index (Phi) is 5.04. The molecule has 0 saturated carbocycles. The molecule has 18 heavy (non-hydrogen) atoms. The van der Waals surface area contributed by atoms with Gasteiger partial charge in [-0.15, -0.1) is 0 Å². The molecule has 5 heteroatoms. The number of ether oxygens (including phenoxy) is 1. The van der Waals surface area contributed by atoms with E-state index in [1.165, 1.54) is 0 Å². The molecule has 0 aromatic heterocycles. The second kappa shape index (κ2) is 6.35. The summed E-state index contributed by atoms with van der Waals surface area (Å²) in [5.41, 5.74) is 7.03. The molecule has 2 N–H and O–H groups in total. The first-order valence-electron chi connectivity index (χ1n) is 6.12. The minimum atomic E-state index is 0.154. The summed E-state index contributed by atoms with van der Waals surface area (Å²) in [7, 11) is 0. The Balaban J connectivity index is 2.24. The zero-order valence-electron chi connectivity index (χ0n) is 10.4. The van der Waals surface area contributed by atoms with Crippen LogP contribution in [-0.2, 0) is 4.74 Å². The summed E-state index contributed by atoms with van der Waals surface area (Å²) < 4.78 is 6.60. The number of benzene rings is 1. The molecule has 1 aromatic carbocycles. The van der Waals surface area contributed by atoms with E-state index in [-0.39, 0.29) is 12.1 Å². The van der Waals surface area contributed by atoms with Gasteiger partial charge in [0.1, 0.15) is 0 Å². The van der Waals surface area contributed by atoms with E-state index in [1.807, 2.05) is 12.1 Å². The number of nitrogens with zero attached hydrogens (tertiary/aromatic N) is 1. The summed E-state index contributed by atoms with van der Waals surface area (Å²) in [6.07, 6.45) is 0.249. The van der Waals surface area contributed by atoms with E-state index in [0.29, 0.717) is 6.54 Å². The van der Waals surface area contributed by atoms with Crippen LogP contribution in [0.15, 0.2) is 22.7 Å². The molecule has 1 heterocycles. The summed E-state index contributed by atoms with van der Waals surface area (Å²) >= 11 is 9.78. The molecule has 0 radical (unpaired) electrons. The van der Waals surface area contributed by atoms with E-state index < -0.39 is 0 Å². The normalized spacial score (nSPS) is 23.0. The summed E-state index contributed by atoms with van der Waals surface area (Å²) in [5.74, 6) is 0. The summed E-state index contributed by atoms with van der Waals surface area (Å²) in [6.45, 7) is 5.19. The molecule has 1 saturated heterocycles. The van der Waals surface area contributed by atoms with Crippen molar-refractivity contribution in [1.82, 2.24) is 4.90 Å². The molecule has 3 nitrogen and oxygen atoms in total. The van der Waals surface area contributed by atoms with Crippen LogP contribution in [0, 0.1) is 0 Å². The Hall–Kier alpha value is -0.130. The molecule has 1 aliphatic rings. The summed E-state index contributed by atoms with van der Waals surface area (Å²) in [6, 6.07) is 6.07. The van der Waals surface area contributed by atoms with Crippen molar-refractivity contribution in [2.45, 2.75) is 19.1 Å². The molecule has 0 aliphatic carbocycles. The number of halogens is 2. The molecule has 0 spiro atoms. The minimum Gasteiger partial charge on any atom is -0.376 e. The fraction of sp³-hybridized carbons (Fsp3) is 0.538. The SMILES string of the molecule is CC1CN(C(CN)c2cc(Br)ccc2Cl)CCO1. The van der Waals surface area contributed by atoms with Crippen LogP contribution < -0.4 is 5.73 Å². The fourth-order valence-electron chi connectivity index (χ4n) is 2.37. The second-order valence-corrected chi connectivity index (χ2v) is 5.92. The van der Waals surface area contributed by atoms with Gasteiger partial charge < -0.3 is 10.5 Å². The van der Waals surface area contributed by atoms with Gasteiger partial charge in [0.15, 0.2) is 0 Å². The fourth-order valence-corrected chi connectivity index (χ4v) is 2.99. The Bertz CT molecular complexity index is 416. The van der Waals surface area contributed by atoms with E-state index in [9.17, 15) is 0 Å². The van der Waals surface area contributed by atoms with Crippen molar-refractivity contribution < 1.29 is 4.74 Å². The largest absolute Gasteiger partial charge is 0.376 e.